The summed E-state index contributed by atoms with van der Waals surface area (Å²) in [6.45, 7) is 7.24. The van der Waals surface area contributed by atoms with Crippen LogP contribution < -0.4 is 0 Å². The Kier molecular flexibility index (Phi) is 6.60. The Hall–Kier alpha value is 0.190. The fourth-order valence-electron chi connectivity index (χ4n) is 2.93. The summed E-state index contributed by atoms with van der Waals surface area (Å²) < 4.78 is 0.784. The molecule has 3 atom stereocenters. The third-order valence-electron chi connectivity index (χ3n) is 4.33. The lowest BCUT2D eigenvalue weighted by atomic mass is 9.97. The van der Waals surface area contributed by atoms with Gasteiger partial charge in [0.1, 0.15) is 0 Å². The quantitative estimate of drug-likeness (QED) is 0.407. The van der Waals surface area contributed by atoms with E-state index in [1.807, 2.05) is 0 Å². The second-order valence-electron chi connectivity index (χ2n) is 6.65. The zero-order valence-corrected chi connectivity index (χ0v) is 17.3. The molecule has 0 saturated carbocycles. The molecule has 22 heavy (non-hydrogen) atoms. The highest BCUT2D eigenvalue weighted by Crippen LogP contribution is 2.51. The van der Waals surface area contributed by atoms with Crippen molar-refractivity contribution in [2.45, 2.75) is 50.6 Å². The van der Waals surface area contributed by atoms with E-state index in [-0.39, 0.29) is 21.9 Å². The highest BCUT2D eigenvalue weighted by molar-refractivity contribution is 9.15. The third kappa shape index (κ3) is 3.99. The number of thioether (sulfide) groups is 1. The van der Waals surface area contributed by atoms with E-state index in [1.165, 1.54) is 35.9 Å². The van der Waals surface area contributed by atoms with Crippen LogP contribution in [0.2, 0.25) is 0 Å². The summed E-state index contributed by atoms with van der Waals surface area (Å²) in [6.07, 6.45) is 4.53. The average molecular weight is 453 g/mol. The van der Waals surface area contributed by atoms with Crippen LogP contribution in [-0.2, 0) is 9.59 Å². The molecule has 0 radical (unpaired) electrons. The minimum Gasteiger partial charge on any atom is -0.278 e. The van der Waals surface area contributed by atoms with Crippen molar-refractivity contribution in [3.8, 4) is 0 Å². The van der Waals surface area contributed by atoms with Crippen molar-refractivity contribution in [3.63, 3.8) is 0 Å². The highest BCUT2D eigenvalue weighted by atomic mass is 79.9. The molecule has 0 aromatic heterocycles. The van der Waals surface area contributed by atoms with E-state index in [0.29, 0.717) is 18.0 Å². The fourth-order valence-corrected chi connectivity index (χ4v) is 6.68. The standard InChI is InChI=1S/C16H23Br2NO2S/c1-9(2)5-4-6-10(3)7-8-19-15(20)11-12(16(19)21)14(18)22-13(11)17/h9-11,13H,4-8H2,1-3H3. The molecule has 0 N–H and O–H groups in total. The normalized spacial score (nSPS) is 26.4. The number of alkyl halides is 1. The van der Waals surface area contributed by atoms with E-state index < -0.39 is 0 Å². The van der Waals surface area contributed by atoms with Gasteiger partial charge in [0.25, 0.3) is 5.91 Å². The van der Waals surface area contributed by atoms with Crippen LogP contribution >= 0.6 is 43.6 Å². The molecule has 2 amide bonds. The molecule has 0 aromatic carbocycles. The van der Waals surface area contributed by atoms with Crippen LogP contribution in [-0.4, -0.2) is 27.4 Å². The molecular weight excluding hydrogens is 430 g/mol. The number of hydrogen-bond acceptors (Lipinski definition) is 3. The number of nitrogens with zero attached hydrogens (tertiary/aromatic N) is 1. The minimum absolute atomic E-state index is 0.0261. The van der Waals surface area contributed by atoms with E-state index in [0.717, 1.165) is 16.2 Å². The van der Waals surface area contributed by atoms with Gasteiger partial charge in [-0.15, -0.1) is 11.8 Å². The first kappa shape index (κ1) is 18.5. The van der Waals surface area contributed by atoms with Gasteiger partial charge in [-0.05, 0) is 34.2 Å². The molecule has 2 aliphatic rings. The predicted molar refractivity (Wildman–Crippen MR) is 98.9 cm³/mol. The van der Waals surface area contributed by atoms with Crippen molar-refractivity contribution >= 4 is 55.4 Å². The Morgan fingerprint density at radius 2 is 1.86 bits per heavy atom. The highest BCUT2D eigenvalue weighted by Gasteiger charge is 2.51. The molecule has 2 heterocycles. The molecule has 124 valence electrons. The summed E-state index contributed by atoms with van der Waals surface area (Å²) in [7, 11) is 0. The smallest absolute Gasteiger partial charge is 0.258 e. The number of likely N-dealkylation sites (tertiary alicyclic amines) is 1. The molecule has 0 aromatic rings. The van der Waals surface area contributed by atoms with Crippen molar-refractivity contribution in [2.24, 2.45) is 17.8 Å². The number of carbonyl (C=O) groups excluding carboxylic acids is 2. The maximum absolute atomic E-state index is 12.5. The molecule has 2 aliphatic heterocycles. The Balaban J connectivity index is 1.88. The lowest BCUT2D eigenvalue weighted by molar-refractivity contribution is -0.139. The molecule has 0 aliphatic carbocycles. The van der Waals surface area contributed by atoms with Crippen LogP contribution in [0.15, 0.2) is 9.39 Å². The van der Waals surface area contributed by atoms with Gasteiger partial charge >= 0.3 is 0 Å². The summed E-state index contributed by atoms with van der Waals surface area (Å²) >= 11 is 8.43. The largest absolute Gasteiger partial charge is 0.278 e. The van der Waals surface area contributed by atoms with Crippen LogP contribution in [0.5, 0.6) is 0 Å². The van der Waals surface area contributed by atoms with Gasteiger partial charge in [0, 0.05) is 6.54 Å². The maximum atomic E-state index is 12.5. The summed E-state index contributed by atoms with van der Waals surface area (Å²) in [5, 5.41) is 0. The first-order valence-electron chi connectivity index (χ1n) is 7.89. The number of halogens is 2. The van der Waals surface area contributed by atoms with Crippen molar-refractivity contribution in [1.82, 2.24) is 4.90 Å². The number of fused-ring (bicyclic) bond motifs is 1. The van der Waals surface area contributed by atoms with E-state index in [2.05, 4.69) is 52.6 Å². The summed E-state index contributed by atoms with van der Waals surface area (Å²) in [5.41, 5.74) is 0.643. The molecule has 1 saturated heterocycles. The van der Waals surface area contributed by atoms with Crippen molar-refractivity contribution in [1.29, 1.82) is 0 Å². The topological polar surface area (TPSA) is 37.4 Å². The van der Waals surface area contributed by atoms with E-state index in [9.17, 15) is 9.59 Å². The first-order chi connectivity index (χ1) is 10.3. The van der Waals surface area contributed by atoms with Crippen LogP contribution in [0.4, 0.5) is 0 Å². The molecule has 6 heteroatoms. The summed E-state index contributed by atoms with van der Waals surface area (Å²) in [5.74, 6) is 0.823. The van der Waals surface area contributed by atoms with Gasteiger partial charge in [-0.1, -0.05) is 56.0 Å². The molecule has 1 fully saturated rings. The Morgan fingerprint density at radius 1 is 1.18 bits per heavy atom. The number of amides is 2. The SMILES string of the molecule is CC(C)CCCC(C)CCN1C(=O)C2=C(Br)SC(Br)C2C1=O. The molecule has 0 spiro atoms. The second kappa shape index (κ2) is 7.84. The lowest BCUT2D eigenvalue weighted by Gasteiger charge is -2.19. The van der Waals surface area contributed by atoms with Crippen molar-refractivity contribution in [2.75, 3.05) is 6.54 Å². The first-order valence-corrected chi connectivity index (χ1v) is 10.5. The molecule has 3 nitrogen and oxygen atoms in total. The molecule has 3 unspecified atom stereocenters. The van der Waals surface area contributed by atoms with Gasteiger partial charge in [-0.25, -0.2) is 0 Å². The van der Waals surface area contributed by atoms with E-state index in [4.69, 9.17) is 0 Å². The monoisotopic (exact) mass is 451 g/mol. The van der Waals surface area contributed by atoms with Gasteiger partial charge in [0.2, 0.25) is 5.91 Å². The number of hydrogen-bond donors (Lipinski definition) is 0. The Bertz CT molecular complexity index is 493. The minimum atomic E-state index is -0.317. The lowest BCUT2D eigenvalue weighted by Crippen LogP contribution is -2.33. The number of rotatable bonds is 7. The number of imide groups is 1. The second-order valence-corrected chi connectivity index (χ2v) is 10.7. The predicted octanol–water partition coefficient (Wildman–Crippen LogP) is 4.90. The van der Waals surface area contributed by atoms with E-state index in [1.54, 1.807) is 0 Å². The van der Waals surface area contributed by atoms with Crippen LogP contribution in [0.3, 0.4) is 0 Å². The number of carbonyl (C=O) groups is 2. The van der Waals surface area contributed by atoms with Gasteiger partial charge in [0.05, 0.1) is 19.5 Å². The van der Waals surface area contributed by atoms with Crippen LogP contribution in [0, 0.1) is 17.8 Å². The van der Waals surface area contributed by atoms with Gasteiger partial charge in [-0.3, -0.25) is 14.5 Å². The Labute approximate surface area is 153 Å². The zero-order valence-electron chi connectivity index (χ0n) is 13.3. The molecule has 0 bridgehead atoms. The van der Waals surface area contributed by atoms with Crippen molar-refractivity contribution in [3.05, 3.63) is 9.39 Å². The van der Waals surface area contributed by atoms with E-state index >= 15 is 0 Å². The third-order valence-corrected chi connectivity index (χ3v) is 7.33. The fraction of sp³-hybridized carbons (Fsp3) is 0.750. The zero-order chi connectivity index (χ0) is 16.4. The van der Waals surface area contributed by atoms with Gasteiger partial charge in [0.15, 0.2) is 0 Å². The average Bonchev–Trinajstić information content (AvgIpc) is 2.85. The maximum Gasteiger partial charge on any atom is 0.258 e. The van der Waals surface area contributed by atoms with Gasteiger partial charge in [-0.2, -0.15) is 0 Å². The molecular formula is C16H23Br2NO2S. The van der Waals surface area contributed by atoms with Gasteiger partial charge < -0.3 is 0 Å². The summed E-state index contributed by atoms with van der Waals surface area (Å²) in [4.78, 5) is 26.4. The Morgan fingerprint density at radius 3 is 2.45 bits per heavy atom. The van der Waals surface area contributed by atoms with Crippen LogP contribution in [0.25, 0.3) is 0 Å². The summed E-state index contributed by atoms with van der Waals surface area (Å²) in [6, 6.07) is 0. The van der Waals surface area contributed by atoms with Crippen molar-refractivity contribution < 1.29 is 9.59 Å². The molecule has 2 rings (SSSR count). The van der Waals surface area contributed by atoms with Crippen LogP contribution in [0.1, 0.15) is 46.5 Å².